The first-order chi connectivity index (χ1) is 11.1. The largest absolute Gasteiger partial charge is 0.396 e. The Morgan fingerprint density at radius 3 is 2.61 bits per heavy atom. The Hall–Kier alpha value is -1.24. The molecule has 0 aromatic heterocycles. The summed E-state index contributed by atoms with van der Waals surface area (Å²) in [4.78, 5) is 28.7. The molecule has 1 aromatic rings. The molecule has 1 aromatic carbocycles. The number of nitrogens with zero attached hydrogens (tertiary/aromatic N) is 2. The van der Waals surface area contributed by atoms with E-state index in [2.05, 4.69) is 20.8 Å². The van der Waals surface area contributed by atoms with Crippen LogP contribution in [0.5, 0.6) is 0 Å². The quantitative estimate of drug-likeness (QED) is 0.814. The van der Waals surface area contributed by atoms with Crippen LogP contribution in [0.4, 0.5) is 5.69 Å². The lowest BCUT2D eigenvalue weighted by Crippen LogP contribution is -2.50. The molecule has 2 heterocycles. The van der Waals surface area contributed by atoms with Crippen molar-refractivity contribution in [3.63, 3.8) is 0 Å². The lowest BCUT2D eigenvalue weighted by atomic mass is 9.97. The van der Waals surface area contributed by atoms with Crippen LogP contribution in [0.2, 0.25) is 0 Å². The second-order valence-corrected chi connectivity index (χ2v) is 7.08. The monoisotopic (exact) mass is 380 g/mol. The number of imide groups is 1. The number of rotatable bonds is 4. The Kier molecular flexibility index (Phi) is 5.14. The van der Waals surface area contributed by atoms with E-state index in [1.54, 1.807) is 12.1 Å². The summed E-state index contributed by atoms with van der Waals surface area (Å²) in [7, 11) is 0. The molecular formula is C17H21BrN2O3. The van der Waals surface area contributed by atoms with Crippen molar-refractivity contribution in [2.24, 2.45) is 0 Å². The number of amides is 2. The lowest BCUT2D eigenvalue weighted by Gasteiger charge is -2.38. The fraction of sp³-hybridized carbons (Fsp3) is 0.529. The molecule has 2 aliphatic rings. The zero-order valence-corrected chi connectivity index (χ0v) is 14.5. The van der Waals surface area contributed by atoms with Gasteiger partial charge in [-0.25, -0.2) is 4.90 Å². The average Bonchev–Trinajstić information content (AvgIpc) is 2.84. The summed E-state index contributed by atoms with van der Waals surface area (Å²) in [5.74, 6) is -0.280. The van der Waals surface area contributed by atoms with E-state index in [1.807, 2.05) is 12.1 Å². The minimum absolute atomic E-state index is 0.118. The summed E-state index contributed by atoms with van der Waals surface area (Å²) in [6.07, 6.45) is 4.04. The van der Waals surface area contributed by atoms with E-state index in [4.69, 9.17) is 0 Å². The smallest absolute Gasteiger partial charge is 0.251 e. The summed E-state index contributed by atoms with van der Waals surface area (Å²) in [5, 5.41) is 9.26. The van der Waals surface area contributed by atoms with Crippen LogP contribution in [0.25, 0.3) is 0 Å². The van der Waals surface area contributed by atoms with Crippen molar-refractivity contribution in [3.05, 3.63) is 28.7 Å². The van der Waals surface area contributed by atoms with Gasteiger partial charge in [-0.3, -0.25) is 14.5 Å². The minimum Gasteiger partial charge on any atom is -0.396 e. The molecule has 0 saturated carbocycles. The van der Waals surface area contributed by atoms with Crippen molar-refractivity contribution < 1.29 is 14.7 Å². The van der Waals surface area contributed by atoms with Gasteiger partial charge in [-0.05, 0) is 50.1 Å². The number of carbonyl (C=O) groups is 2. The van der Waals surface area contributed by atoms with E-state index in [9.17, 15) is 14.7 Å². The van der Waals surface area contributed by atoms with Gasteiger partial charge in [-0.1, -0.05) is 22.4 Å². The molecule has 0 aliphatic carbocycles. The molecule has 2 amide bonds. The first-order valence-electron chi connectivity index (χ1n) is 8.11. The Morgan fingerprint density at radius 2 is 1.91 bits per heavy atom. The highest BCUT2D eigenvalue weighted by molar-refractivity contribution is 9.10. The number of anilines is 1. The molecule has 2 fully saturated rings. The highest BCUT2D eigenvalue weighted by atomic mass is 79.9. The van der Waals surface area contributed by atoms with E-state index in [-0.39, 0.29) is 36.9 Å². The van der Waals surface area contributed by atoms with E-state index in [0.29, 0.717) is 12.1 Å². The molecule has 23 heavy (non-hydrogen) atoms. The molecule has 124 valence electrons. The van der Waals surface area contributed by atoms with Crippen molar-refractivity contribution in [2.45, 2.75) is 44.2 Å². The fourth-order valence-corrected chi connectivity index (χ4v) is 3.89. The molecule has 0 spiro atoms. The number of aliphatic hydroxyl groups excluding tert-OH is 1. The highest BCUT2D eigenvalue weighted by Crippen LogP contribution is 2.31. The molecule has 2 aliphatic heterocycles. The summed E-state index contributed by atoms with van der Waals surface area (Å²) in [6.45, 7) is 0.939. The normalized spacial score (nSPS) is 26.1. The third kappa shape index (κ3) is 3.34. The second-order valence-electron chi connectivity index (χ2n) is 6.16. The van der Waals surface area contributed by atoms with Crippen molar-refractivity contribution in [1.29, 1.82) is 0 Å². The lowest BCUT2D eigenvalue weighted by molar-refractivity contribution is -0.123. The maximum absolute atomic E-state index is 12.8. The van der Waals surface area contributed by atoms with Gasteiger partial charge in [0.1, 0.15) is 0 Å². The SMILES string of the molecule is O=C1C[C@H](N2CCCC[C@H]2CCO)C(=O)N1c1ccc(Br)cc1. The predicted octanol–water partition coefficient (Wildman–Crippen LogP) is 2.32. The third-order valence-corrected chi connectivity index (χ3v) is 5.27. The summed E-state index contributed by atoms with van der Waals surface area (Å²) < 4.78 is 0.913. The van der Waals surface area contributed by atoms with Gasteiger partial charge in [0, 0.05) is 17.1 Å². The summed E-state index contributed by atoms with van der Waals surface area (Å²) in [5.41, 5.74) is 0.626. The Bertz CT molecular complexity index is 588. The van der Waals surface area contributed by atoms with Gasteiger partial charge in [-0.2, -0.15) is 0 Å². The topological polar surface area (TPSA) is 60.9 Å². The maximum atomic E-state index is 12.8. The van der Waals surface area contributed by atoms with Crippen molar-refractivity contribution in [3.8, 4) is 0 Å². The molecule has 5 nitrogen and oxygen atoms in total. The van der Waals surface area contributed by atoms with Gasteiger partial charge in [-0.15, -0.1) is 0 Å². The fourth-order valence-electron chi connectivity index (χ4n) is 3.63. The zero-order valence-electron chi connectivity index (χ0n) is 12.9. The molecule has 1 N–H and O–H groups in total. The third-order valence-electron chi connectivity index (χ3n) is 4.74. The summed E-state index contributed by atoms with van der Waals surface area (Å²) in [6, 6.07) is 7.04. The number of carbonyl (C=O) groups excluding carboxylic acids is 2. The van der Waals surface area contributed by atoms with Crippen molar-refractivity contribution >= 4 is 33.4 Å². The first kappa shape index (κ1) is 16.6. The first-order valence-corrected chi connectivity index (χ1v) is 8.90. The van der Waals surface area contributed by atoms with Gasteiger partial charge in [0.05, 0.1) is 18.2 Å². The Morgan fingerprint density at radius 1 is 1.17 bits per heavy atom. The van der Waals surface area contributed by atoms with Gasteiger partial charge < -0.3 is 5.11 Å². The molecule has 3 rings (SSSR count). The molecular weight excluding hydrogens is 360 g/mol. The second kappa shape index (κ2) is 7.11. The van der Waals surface area contributed by atoms with E-state index in [0.717, 1.165) is 30.3 Å². The molecule has 0 bridgehead atoms. The van der Waals surface area contributed by atoms with Gasteiger partial charge >= 0.3 is 0 Å². The van der Waals surface area contributed by atoms with Crippen LogP contribution in [-0.4, -0.2) is 47.1 Å². The highest BCUT2D eigenvalue weighted by Gasteiger charge is 2.44. The van der Waals surface area contributed by atoms with Crippen LogP contribution >= 0.6 is 15.9 Å². The van der Waals surface area contributed by atoms with Crippen LogP contribution in [0.1, 0.15) is 32.1 Å². The Labute approximate surface area is 144 Å². The zero-order chi connectivity index (χ0) is 16.4. The average molecular weight is 381 g/mol. The predicted molar refractivity (Wildman–Crippen MR) is 91.1 cm³/mol. The number of piperidine rings is 1. The number of hydrogen-bond acceptors (Lipinski definition) is 4. The summed E-state index contributed by atoms with van der Waals surface area (Å²) >= 11 is 3.36. The molecule has 0 radical (unpaired) electrons. The van der Waals surface area contributed by atoms with Gasteiger partial charge in [0.15, 0.2) is 0 Å². The van der Waals surface area contributed by atoms with Crippen LogP contribution in [0.3, 0.4) is 0 Å². The molecule has 2 atom stereocenters. The standard InChI is InChI=1S/C17H21BrN2O3/c18-12-4-6-14(7-5-12)20-16(22)11-15(17(20)23)19-9-2-1-3-13(19)8-10-21/h4-7,13,15,21H,1-3,8-11H2/t13-,15-/m0/s1. The van der Waals surface area contributed by atoms with Crippen LogP contribution in [0.15, 0.2) is 28.7 Å². The van der Waals surface area contributed by atoms with Gasteiger partial charge in [0.2, 0.25) is 5.91 Å². The van der Waals surface area contributed by atoms with E-state index >= 15 is 0 Å². The Balaban J connectivity index is 1.81. The molecule has 2 saturated heterocycles. The van der Waals surface area contributed by atoms with Crippen molar-refractivity contribution in [1.82, 2.24) is 4.90 Å². The van der Waals surface area contributed by atoms with E-state index < -0.39 is 0 Å². The van der Waals surface area contributed by atoms with Crippen LogP contribution in [0, 0.1) is 0 Å². The van der Waals surface area contributed by atoms with E-state index in [1.165, 1.54) is 4.90 Å². The molecule has 6 heteroatoms. The number of aliphatic hydroxyl groups is 1. The maximum Gasteiger partial charge on any atom is 0.251 e. The van der Waals surface area contributed by atoms with Crippen LogP contribution < -0.4 is 4.90 Å². The minimum atomic E-state index is -0.386. The van der Waals surface area contributed by atoms with Gasteiger partial charge in [0.25, 0.3) is 5.91 Å². The number of likely N-dealkylation sites (tertiary alicyclic amines) is 1. The number of halogens is 1. The van der Waals surface area contributed by atoms with Crippen LogP contribution in [-0.2, 0) is 9.59 Å². The molecule has 0 unspecified atom stereocenters. The van der Waals surface area contributed by atoms with Crippen molar-refractivity contribution in [2.75, 3.05) is 18.1 Å². The number of hydrogen-bond donors (Lipinski definition) is 1. The number of benzene rings is 1.